The van der Waals surface area contributed by atoms with Crippen molar-refractivity contribution >= 4 is 57.6 Å². The summed E-state index contributed by atoms with van der Waals surface area (Å²) in [7, 11) is 4.49. The van der Waals surface area contributed by atoms with E-state index in [2.05, 4.69) is 40.2 Å². The van der Waals surface area contributed by atoms with Crippen LogP contribution < -0.4 is 30.5 Å². The van der Waals surface area contributed by atoms with Gasteiger partial charge in [0.15, 0.2) is 0 Å². The van der Waals surface area contributed by atoms with Crippen LogP contribution in [0.15, 0.2) is 127 Å². The van der Waals surface area contributed by atoms with Crippen molar-refractivity contribution in [1.29, 1.82) is 0 Å². The molecule has 6 aromatic rings. The average molecular weight is 832 g/mol. The summed E-state index contributed by atoms with van der Waals surface area (Å²) in [6, 6.07) is 36.6. The number of hydrogen-bond donors (Lipinski definition) is 3. The van der Waals surface area contributed by atoms with Gasteiger partial charge in [-0.15, -0.1) is 0 Å². The Hall–Kier alpha value is -7.51. The van der Waals surface area contributed by atoms with Crippen molar-refractivity contribution in [2.75, 3.05) is 49.5 Å². The highest BCUT2D eigenvalue weighted by molar-refractivity contribution is 6.13. The number of methoxy groups -OCH3 is 2. The molecule has 0 bridgehead atoms. The molecule has 2 atom stereocenters. The minimum Gasteiger partial charge on any atom is -0.496 e. The Morgan fingerprint density at radius 3 is 2.08 bits per heavy atom. The van der Waals surface area contributed by atoms with Gasteiger partial charge in [-0.05, 0) is 102 Å². The van der Waals surface area contributed by atoms with Gasteiger partial charge in [-0.25, -0.2) is 9.59 Å². The van der Waals surface area contributed by atoms with E-state index >= 15 is 0 Å². The predicted molar refractivity (Wildman–Crippen MR) is 237 cm³/mol. The lowest BCUT2D eigenvalue weighted by Gasteiger charge is -2.27. The number of likely N-dealkylation sites (N-methyl/N-ethyl adjacent to an activating group) is 1. The summed E-state index contributed by atoms with van der Waals surface area (Å²) < 4.78 is 16.5. The van der Waals surface area contributed by atoms with Gasteiger partial charge in [0.05, 0.1) is 50.3 Å². The lowest BCUT2D eigenvalue weighted by Crippen LogP contribution is -2.55. The van der Waals surface area contributed by atoms with Gasteiger partial charge in [-0.1, -0.05) is 72.8 Å². The fraction of sp³-hybridized carbons (Fsp3) is 0.204. The predicted octanol–water partition coefficient (Wildman–Crippen LogP) is 7.28. The first-order valence-corrected chi connectivity index (χ1v) is 20.2. The summed E-state index contributed by atoms with van der Waals surface area (Å²) in [5.74, 6) is -1.39. The molecule has 0 saturated carbocycles. The van der Waals surface area contributed by atoms with Gasteiger partial charge in [-0.3, -0.25) is 19.7 Å². The van der Waals surface area contributed by atoms with E-state index in [1.54, 1.807) is 91.7 Å². The van der Waals surface area contributed by atoms with Crippen LogP contribution in [0.4, 0.5) is 21.9 Å². The molecule has 2 aliphatic rings. The molecule has 314 valence electrons. The van der Waals surface area contributed by atoms with E-state index < -0.39 is 41.9 Å². The molecule has 1 aliphatic carbocycles. The molecule has 0 aromatic heterocycles. The Labute approximate surface area is 358 Å². The van der Waals surface area contributed by atoms with Crippen LogP contribution in [0, 0.1) is 0 Å². The molecule has 1 aliphatic heterocycles. The minimum atomic E-state index is -1.16. The maximum atomic E-state index is 14.8. The number of carbonyl (C=O) groups is 5. The van der Waals surface area contributed by atoms with E-state index in [-0.39, 0.29) is 31.2 Å². The third-order valence-corrected chi connectivity index (χ3v) is 11.5. The van der Waals surface area contributed by atoms with Crippen LogP contribution in [-0.2, 0) is 25.6 Å². The van der Waals surface area contributed by atoms with E-state index in [4.69, 9.17) is 14.2 Å². The van der Waals surface area contributed by atoms with Crippen LogP contribution in [0.5, 0.6) is 5.75 Å². The van der Waals surface area contributed by atoms with E-state index in [0.717, 1.165) is 33.0 Å². The molecule has 6 aromatic carbocycles. The minimum absolute atomic E-state index is 0.000147. The van der Waals surface area contributed by atoms with E-state index in [1.165, 1.54) is 19.1 Å². The number of fused-ring (bicyclic) bond motifs is 5. The zero-order chi connectivity index (χ0) is 43.5. The van der Waals surface area contributed by atoms with Crippen LogP contribution in [0.1, 0.15) is 50.2 Å². The first-order valence-electron chi connectivity index (χ1n) is 20.2. The summed E-state index contributed by atoms with van der Waals surface area (Å²) in [6.07, 6.45) is -0.632. The van der Waals surface area contributed by atoms with Crippen LogP contribution in [0.3, 0.4) is 0 Å². The van der Waals surface area contributed by atoms with Gasteiger partial charge >= 0.3 is 12.1 Å². The normalized spacial score (nSPS) is 14.8. The van der Waals surface area contributed by atoms with Gasteiger partial charge in [0.1, 0.15) is 18.4 Å². The van der Waals surface area contributed by atoms with Crippen LogP contribution in [0.2, 0.25) is 0 Å². The van der Waals surface area contributed by atoms with Crippen LogP contribution in [-0.4, -0.2) is 76.3 Å². The zero-order valence-corrected chi connectivity index (χ0v) is 34.6. The molecule has 4 amide bonds. The number of benzene rings is 6. The first kappa shape index (κ1) is 41.2. The van der Waals surface area contributed by atoms with Gasteiger partial charge < -0.3 is 34.6 Å². The number of carbonyl (C=O) groups excluding carboxylic acids is 5. The maximum Gasteiger partial charge on any atom is 0.411 e. The molecule has 3 N–H and O–H groups in total. The standard InChI is InChI=1S/C49H45N5O8/c1-29(50-2)45(55)52-41-27-54(43-16-10-9-15-42(43)53(47(41)57)26-39-34-23-19-32(48(58)61-4)25-31(34)20-24-44(39)60-3)46(56)30-17-21-33(22-18-30)51-49(59)62-28-40-37-13-7-5-11-35(37)36-12-6-8-14-38(36)40/h5-25,29,40-41,50H,26-28H2,1-4H3,(H,51,59)(H,52,55)/t29?,41-/m0/s1. The number of ether oxygens (including phenoxy) is 3. The Kier molecular flexibility index (Phi) is 11.7. The fourth-order valence-electron chi connectivity index (χ4n) is 8.21. The average Bonchev–Trinajstić information content (AvgIpc) is 3.57. The number of esters is 1. The quantitative estimate of drug-likeness (QED) is 0.114. The largest absolute Gasteiger partial charge is 0.496 e. The number of hydrogen-bond acceptors (Lipinski definition) is 9. The van der Waals surface area contributed by atoms with Crippen molar-refractivity contribution < 1.29 is 38.2 Å². The van der Waals surface area contributed by atoms with E-state index in [0.29, 0.717) is 33.9 Å². The van der Waals surface area contributed by atoms with Crippen molar-refractivity contribution in [3.05, 3.63) is 155 Å². The smallest absolute Gasteiger partial charge is 0.411 e. The highest BCUT2D eigenvalue weighted by atomic mass is 16.5. The number of nitrogens with one attached hydrogen (secondary N) is 3. The number of rotatable bonds is 11. The molecule has 13 nitrogen and oxygen atoms in total. The molecular weight excluding hydrogens is 787 g/mol. The van der Waals surface area contributed by atoms with Crippen molar-refractivity contribution in [1.82, 2.24) is 10.6 Å². The molecule has 0 saturated heterocycles. The molecule has 8 rings (SSSR count). The molecule has 1 unspecified atom stereocenters. The lowest BCUT2D eigenvalue weighted by molar-refractivity contribution is -0.128. The summed E-state index contributed by atoms with van der Waals surface area (Å²) in [6.45, 7) is 1.64. The number of para-hydroxylation sites is 2. The fourth-order valence-corrected chi connectivity index (χ4v) is 8.21. The number of nitrogens with zero attached hydrogens (tertiary/aromatic N) is 2. The van der Waals surface area contributed by atoms with E-state index in [1.807, 2.05) is 30.3 Å². The molecule has 1 heterocycles. The summed E-state index contributed by atoms with van der Waals surface area (Å²) >= 11 is 0. The second-order valence-corrected chi connectivity index (χ2v) is 15.1. The molecule has 0 spiro atoms. The van der Waals surface area contributed by atoms with Crippen LogP contribution in [0.25, 0.3) is 21.9 Å². The molecule has 0 radical (unpaired) electrons. The summed E-state index contributed by atoms with van der Waals surface area (Å²) in [4.78, 5) is 71.2. The second-order valence-electron chi connectivity index (χ2n) is 15.1. The van der Waals surface area contributed by atoms with Gasteiger partial charge in [0.2, 0.25) is 5.91 Å². The van der Waals surface area contributed by atoms with E-state index in [9.17, 15) is 24.0 Å². The highest BCUT2D eigenvalue weighted by Crippen LogP contribution is 2.44. The number of amides is 4. The second kappa shape index (κ2) is 17.6. The van der Waals surface area contributed by atoms with Crippen molar-refractivity contribution in [2.24, 2.45) is 0 Å². The first-order chi connectivity index (χ1) is 30.1. The summed E-state index contributed by atoms with van der Waals surface area (Å²) in [5, 5.41) is 10.0. The molecule has 62 heavy (non-hydrogen) atoms. The molecule has 13 heteroatoms. The third-order valence-electron chi connectivity index (χ3n) is 11.5. The van der Waals surface area contributed by atoms with Crippen molar-refractivity contribution in [3.8, 4) is 16.9 Å². The number of anilines is 3. The summed E-state index contributed by atoms with van der Waals surface area (Å²) in [5.41, 5.74) is 7.06. The van der Waals surface area contributed by atoms with Crippen molar-refractivity contribution in [2.45, 2.75) is 31.5 Å². The van der Waals surface area contributed by atoms with Gasteiger partial charge in [0.25, 0.3) is 11.8 Å². The maximum absolute atomic E-state index is 14.8. The Morgan fingerprint density at radius 1 is 0.774 bits per heavy atom. The molecule has 0 fully saturated rings. The monoisotopic (exact) mass is 831 g/mol. The van der Waals surface area contributed by atoms with Crippen LogP contribution >= 0.6 is 0 Å². The zero-order valence-electron chi connectivity index (χ0n) is 34.6. The highest BCUT2D eigenvalue weighted by Gasteiger charge is 2.38. The van der Waals surface area contributed by atoms with Crippen molar-refractivity contribution in [3.63, 3.8) is 0 Å². The Bertz CT molecular complexity index is 2670. The molecular formula is C49H45N5O8. The Balaban J connectivity index is 1.06. The van der Waals surface area contributed by atoms with Gasteiger partial charge in [0, 0.05) is 22.7 Å². The lowest BCUT2D eigenvalue weighted by atomic mass is 9.98. The third kappa shape index (κ3) is 7.93. The van der Waals surface area contributed by atoms with Gasteiger partial charge in [-0.2, -0.15) is 0 Å². The SMILES string of the molecule is CNC(C)C(=O)N[C@H]1CN(C(=O)c2ccc(NC(=O)OCC3c4ccccc4-c4ccccc43)cc2)c2ccccc2N(Cc2c(OC)ccc3cc(C(=O)OC)ccc23)C1=O. The topological polar surface area (TPSA) is 156 Å². The Morgan fingerprint density at radius 2 is 1.42 bits per heavy atom.